The number of benzene rings is 2. The van der Waals surface area contributed by atoms with E-state index in [0.717, 1.165) is 30.0 Å². The molecule has 0 radical (unpaired) electrons. The van der Waals surface area contributed by atoms with Gasteiger partial charge in [-0.3, -0.25) is 0 Å². The van der Waals surface area contributed by atoms with Gasteiger partial charge in [-0.2, -0.15) is 0 Å². The Hall–Kier alpha value is -2.89. The highest BCUT2D eigenvalue weighted by Crippen LogP contribution is 2.42. The van der Waals surface area contributed by atoms with Gasteiger partial charge in [0, 0.05) is 30.0 Å². The van der Waals surface area contributed by atoms with Crippen molar-refractivity contribution in [2.45, 2.75) is 20.1 Å². The molecule has 0 amide bonds. The summed E-state index contributed by atoms with van der Waals surface area (Å²) < 4.78 is 16.1. The molecule has 1 atom stereocenters. The lowest BCUT2D eigenvalue weighted by atomic mass is 10.1. The molecule has 2 aromatic rings. The molecule has 138 valence electrons. The molecule has 6 nitrogen and oxygen atoms in total. The number of methoxy groups -OCH3 is 2. The summed E-state index contributed by atoms with van der Waals surface area (Å²) in [4.78, 5) is 14.6. The van der Waals surface area contributed by atoms with E-state index in [0.29, 0.717) is 17.1 Å². The van der Waals surface area contributed by atoms with Crippen LogP contribution in [-0.2, 0) is 4.74 Å². The Balaban J connectivity index is 1.84. The number of carbonyl (C=O) groups excluding carboxylic acids is 1. The number of rotatable bonds is 7. The van der Waals surface area contributed by atoms with Crippen molar-refractivity contribution in [3.8, 4) is 11.5 Å². The molecule has 1 unspecified atom stereocenters. The van der Waals surface area contributed by atoms with E-state index >= 15 is 0 Å². The van der Waals surface area contributed by atoms with Crippen LogP contribution in [0, 0.1) is 0 Å². The lowest BCUT2D eigenvalue weighted by Crippen LogP contribution is -2.21. The molecule has 1 N–H and O–H groups in total. The lowest BCUT2D eigenvalue weighted by molar-refractivity contribution is 0.0435. The largest absolute Gasteiger partial charge is 0.493 e. The first-order valence-corrected chi connectivity index (χ1v) is 8.70. The second-order valence-electron chi connectivity index (χ2n) is 5.91. The maximum absolute atomic E-state index is 12.3. The Morgan fingerprint density at radius 3 is 2.31 bits per heavy atom. The third-order valence-electron chi connectivity index (χ3n) is 4.58. The minimum atomic E-state index is -0.559. The number of hydrogen-bond donors (Lipinski definition) is 1. The maximum Gasteiger partial charge on any atom is 0.344 e. The maximum atomic E-state index is 12.3. The van der Waals surface area contributed by atoms with Crippen molar-refractivity contribution in [1.29, 1.82) is 0 Å². The summed E-state index contributed by atoms with van der Waals surface area (Å²) in [5.41, 5.74) is 3.18. The topological polar surface area (TPSA) is 60.0 Å². The Labute approximate surface area is 153 Å². The monoisotopic (exact) mass is 356 g/mol. The first-order chi connectivity index (χ1) is 12.6. The second kappa shape index (κ2) is 7.56. The van der Waals surface area contributed by atoms with Gasteiger partial charge in [0.2, 0.25) is 6.23 Å². The summed E-state index contributed by atoms with van der Waals surface area (Å²) in [7, 11) is 3.05. The number of nitrogens with one attached hydrogen (secondary N) is 1. The average Bonchev–Trinajstić information content (AvgIpc) is 2.99. The predicted octanol–water partition coefficient (Wildman–Crippen LogP) is 3.83. The van der Waals surface area contributed by atoms with Crippen molar-refractivity contribution >= 4 is 17.3 Å². The van der Waals surface area contributed by atoms with Crippen molar-refractivity contribution in [3.05, 3.63) is 47.5 Å². The average molecular weight is 356 g/mol. The van der Waals surface area contributed by atoms with Crippen LogP contribution in [0.4, 0.5) is 11.4 Å². The summed E-state index contributed by atoms with van der Waals surface area (Å²) in [6.07, 6.45) is -0.559. The highest BCUT2D eigenvalue weighted by atomic mass is 16.6. The zero-order chi connectivity index (χ0) is 18.7. The number of cyclic esters (lactones) is 1. The van der Waals surface area contributed by atoms with Gasteiger partial charge >= 0.3 is 5.97 Å². The van der Waals surface area contributed by atoms with E-state index in [4.69, 9.17) is 14.2 Å². The van der Waals surface area contributed by atoms with E-state index in [1.165, 1.54) is 14.2 Å². The molecule has 0 fully saturated rings. The third kappa shape index (κ3) is 3.14. The molecular weight excluding hydrogens is 332 g/mol. The number of ether oxygens (including phenoxy) is 3. The highest BCUT2D eigenvalue weighted by Gasteiger charge is 2.35. The smallest absolute Gasteiger partial charge is 0.344 e. The first kappa shape index (κ1) is 17.9. The van der Waals surface area contributed by atoms with Gasteiger partial charge in [0.25, 0.3) is 0 Å². The zero-order valence-electron chi connectivity index (χ0n) is 15.5. The van der Waals surface area contributed by atoms with Crippen LogP contribution in [-0.4, -0.2) is 33.3 Å². The van der Waals surface area contributed by atoms with Gasteiger partial charge in [-0.15, -0.1) is 0 Å². The van der Waals surface area contributed by atoms with Crippen LogP contribution in [0.15, 0.2) is 36.4 Å². The summed E-state index contributed by atoms with van der Waals surface area (Å²) in [5.74, 6) is 0.483. The van der Waals surface area contributed by atoms with E-state index in [9.17, 15) is 4.79 Å². The van der Waals surface area contributed by atoms with Crippen molar-refractivity contribution in [2.75, 3.05) is 37.5 Å². The Bertz CT molecular complexity index is 785. The quantitative estimate of drug-likeness (QED) is 0.761. The third-order valence-corrected chi connectivity index (χ3v) is 4.58. The summed E-state index contributed by atoms with van der Waals surface area (Å²) in [6.45, 7) is 6.18. The van der Waals surface area contributed by atoms with Crippen LogP contribution in [0.1, 0.15) is 36.0 Å². The molecule has 26 heavy (non-hydrogen) atoms. The fraction of sp³-hybridized carbons (Fsp3) is 0.350. The van der Waals surface area contributed by atoms with E-state index in [2.05, 4.69) is 36.2 Å². The Morgan fingerprint density at radius 2 is 1.73 bits per heavy atom. The van der Waals surface area contributed by atoms with Gasteiger partial charge in [0.1, 0.15) is 5.56 Å². The van der Waals surface area contributed by atoms with E-state index in [1.807, 2.05) is 18.2 Å². The molecule has 0 saturated heterocycles. The molecule has 6 heteroatoms. The number of esters is 1. The number of hydrogen-bond acceptors (Lipinski definition) is 6. The molecule has 0 aromatic heterocycles. The van der Waals surface area contributed by atoms with Crippen LogP contribution in [0.5, 0.6) is 11.5 Å². The van der Waals surface area contributed by atoms with E-state index in [-0.39, 0.29) is 0 Å². The number of fused-ring (bicyclic) bond motifs is 1. The van der Waals surface area contributed by atoms with Gasteiger partial charge in [-0.1, -0.05) is 0 Å². The summed E-state index contributed by atoms with van der Waals surface area (Å²) in [5, 5.41) is 3.26. The van der Waals surface area contributed by atoms with Crippen molar-refractivity contribution in [2.24, 2.45) is 0 Å². The molecule has 0 bridgehead atoms. The number of carbonyl (C=O) groups is 1. The fourth-order valence-corrected chi connectivity index (χ4v) is 3.22. The minimum absolute atomic E-state index is 0.399. The first-order valence-electron chi connectivity index (χ1n) is 8.70. The predicted molar refractivity (Wildman–Crippen MR) is 101 cm³/mol. The minimum Gasteiger partial charge on any atom is -0.493 e. The molecule has 0 aliphatic carbocycles. The molecular formula is C20H24N2O4. The van der Waals surface area contributed by atoms with Crippen molar-refractivity contribution in [3.63, 3.8) is 0 Å². The second-order valence-corrected chi connectivity index (χ2v) is 5.91. The van der Waals surface area contributed by atoms with E-state index in [1.54, 1.807) is 6.07 Å². The number of nitrogens with zero attached hydrogens (tertiary/aromatic N) is 1. The molecule has 1 aliphatic rings. The SMILES string of the molecule is CCN(CC)c1ccc(NC2OC(=O)c3c2ccc(OC)c3OC)cc1. The van der Waals surface area contributed by atoms with Crippen LogP contribution >= 0.6 is 0 Å². The van der Waals surface area contributed by atoms with Gasteiger partial charge in [-0.05, 0) is 50.2 Å². The van der Waals surface area contributed by atoms with Gasteiger partial charge < -0.3 is 24.4 Å². The van der Waals surface area contributed by atoms with Gasteiger partial charge in [0.05, 0.1) is 14.2 Å². The Morgan fingerprint density at radius 1 is 1.04 bits per heavy atom. The molecule has 0 saturated carbocycles. The van der Waals surface area contributed by atoms with Gasteiger partial charge in [0.15, 0.2) is 11.5 Å². The lowest BCUT2D eigenvalue weighted by Gasteiger charge is -2.21. The normalized spacial score (nSPS) is 15.2. The van der Waals surface area contributed by atoms with Crippen LogP contribution in [0.3, 0.4) is 0 Å². The highest BCUT2D eigenvalue weighted by molar-refractivity contribution is 5.98. The fourth-order valence-electron chi connectivity index (χ4n) is 3.22. The van der Waals surface area contributed by atoms with Gasteiger partial charge in [-0.25, -0.2) is 4.79 Å². The Kier molecular flexibility index (Phi) is 5.21. The van der Waals surface area contributed by atoms with Crippen LogP contribution < -0.4 is 19.7 Å². The standard InChI is InChI=1S/C20H24N2O4/c1-5-22(6-2)14-9-7-13(8-10-14)21-19-15-11-12-16(24-3)18(25-4)17(15)20(23)26-19/h7-12,19,21H,5-6H2,1-4H3. The van der Waals surface area contributed by atoms with Crippen LogP contribution in [0.25, 0.3) is 0 Å². The van der Waals surface area contributed by atoms with Crippen molar-refractivity contribution in [1.82, 2.24) is 0 Å². The summed E-state index contributed by atoms with van der Waals surface area (Å²) >= 11 is 0. The number of anilines is 2. The molecule has 0 spiro atoms. The molecule has 3 rings (SSSR count). The summed E-state index contributed by atoms with van der Waals surface area (Å²) in [6, 6.07) is 11.7. The van der Waals surface area contributed by atoms with E-state index < -0.39 is 12.2 Å². The molecule has 1 aliphatic heterocycles. The van der Waals surface area contributed by atoms with Crippen LogP contribution in [0.2, 0.25) is 0 Å². The molecule has 1 heterocycles. The zero-order valence-corrected chi connectivity index (χ0v) is 15.5. The van der Waals surface area contributed by atoms with Crippen molar-refractivity contribution < 1.29 is 19.0 Å². The molecule has 2 aromatic carbocycles.